The quantitative estimate of drug-likeness (QED) is 0.706. The van der Waals surface area contributed by atoms with Crippen molar-refractivity contribution >= 4 is 17.5 Å². The van der Waals surface area contributed by atoms with E-state index in [1.807, 2.05) is 13.0 Å². The van der Waals surface area contributed by atoms with Crippen molar-refractivity contribution in [1.82, 2.24) is 0 Å². The summed E-state index contributed by atoms with van der Waals surface area (Å²) in [6.07, 6.45) is 6.94. The van der Waals surface area contributed by atoms with Crippen molar-refractivity contribution < 1.29 is 29.0 Å². The Morgan fingerprint density at radius 1 is 1.17 bits per heavy atom. The highest BCUT2D eigenvalue weighted by molar-refractivity contribution is 5.92. The summed E-state index contributed by atoms with van der Waals surface area (Å²) in [6.45, 7) is 5.18. The second kappa shape index (κ2) is 7.27. The smallest absolute Gasteiger partial charge is 0.303 e. The minimum Gasteiger partial charge on any atom is -0.458 e. The highest BCUT2D eigenvalue weighted by Gasteiger charge is 2.70. The van der Waals surface area contributed by atoms with Crippen LogP contribution in [0.4, 0.5) is 0 Å². The molecular weight excluding hydrogens is 384 g/mol. The predicted molar refractivity (Wildman–Crippen MR) is 109 cm³/mol. The summed E-state index contributed by atoms with van der Waals surface area (Å²) in [4.78, 5) is 36.4. The van der Waals surface area contributed by atoms with Crippen molar-refractivity contribution in [2.45, 2.75) is 77.4 Å². The molecule has 6 heteroatoms. The molecule has 4 rings (SSSR count). The van der Waals surface area contributed by atoms with E-state index in [9.17, 15) is 19.5 Å². The largest absolute Gasteiger partial charge is 0.458 e. The van der Waals surface area contributed by atoms with Crippen LogP contribution >= 0.6 is 0 Å². The molecule has 7 atom stereocenters. The number of hydrogen-bond acceptors (Lipinski definition) is 6. The molecule has 4 aliphatic rings. The first kappa shape index (κ1) is 21.7. The number of allylic oxidation sites excluding steroid dienone is 1. The van der Waals surface area contributed by atoms with Crippen LogP contribution in [-0.2, 0) is 23.9 Å². The number of hydrogen-bond donors (Lipinski definition) is 1. The zero-order valence-corrected chi connectivity index (χ0v) is 18.5. The molecule has 1 N–H and O–H groups in total. The minimum absolute atomic E-state index is 0.0309. The lowest BCUT2D eigenvalue weighted by molar-refractivity contribution is -0.184. The van der Waals surface area contributed by atoms with Crippen LogP contribution in [-0.4, -0.2) is 48.1 Å². The SMILES string of the molecule is CO[C@H]1C[C@H]2[C@@H]3CCC4=CC(=O)CC[C@]4(C)[C@H]3CC[C@]2(C)[C@@]1(O)C(=O)COC(C)=O. The Morgan fingerprint density at radius 2 is 1.90 bits per heavy atom. The number of carbonyl (C=O) groups excluding carboxylic acids is 3. The van der Waals surface area contributed by atoms with Crippen LogP contribution in [0.5, 0.6) is 0 Å². The molecule has 6 nitrogen and oxygen atoms in total. The van der Waals surface area contributed by atoms with Gasteiger partial charge in [-0.25, -0.2) is 0 Å². The lowest BCUT2D eigenvalue weighted by atomic mass is 9.46. The van der Waals surface area contributed by atoms with Crippen LogP contribution < -0.4 is 0 Å². The van der Waals surface area contributed by atoms with E-state index in [1.165, 1.54) is 12.5 Å². The fourth-order valence-electron chi connectivity index (χ4n) is 7.60. The van der Waals surface area contributed by atoms with Crippen molar-refractivity contribution in [2.75, 3.05) is 13.7 Å². The van der Waals surface area contributed by atoms with Gasteiger partial charge in [0.2, 0.25) is 5.78 Å². The van der Waals surface area contributed by atoms with Crippen LogP contribution in [0.25, 0.3) is 0 Å². The van der Waals surface area contributed by atoms with Crippen LogP contribution in [0.15, 0.2) is 11.6 Å². The van der Waals surface area contributed by atoms with E-state index < -0.39 is 35.5 Å². The van der Waals surface area contributed by atoms with Gasteiger partial charge in [0.1, 0.15) is 0 Å². The molecule has 0 saturated heterocycles. The molecule has 0 aromatic rings. The number of Topliss-reactive ketones (excluding diaryl/α,β-unsaturated/α-hetero) is 1. The van der Waals surface area contributed by atoms with Gasteiger partial charge >= 0.3 is 5.97 Å². The Kier molecular flexibility index (Phi) is 5.25. The molecule has 3 saturated carbocycles. The second-order valence-corrected chi connectivity index (χ2v) is 10.4. The summed E-state index contributed by atoms with van der Waals surface area (Å²) in [7, 11) is 1.54. The zero-order valence-electron chi connectivity index (χ0n) is 18.5. The lowest BCUT2D eigenvalue weighted by Crippen LogP contribution is -2.61. The Hall–Kier alpha value is -1.53. The van der Waals surface area contributed by atoms with Crippen molar-refractivity contribution in [3.05, 3.63) is 11.6 Å². The van der Waals surface area contributed by atoms with E-state index in [-0.39, 0.29) is 17.1 Å². The second-order valence-electron chi connectivity index (χ2n) is 10.4. The fraction of sp³-hybridized carbons (Fsp3) is 0.792. The van der Waals surface area contributed by atoms with E-state index in [4.69, 9.17) is 9.47 Å². The summed E-state index contributed by atoms with van der Waals surface area (Å²) in [6, 6.07) is 0. The standard InChI is InChI=1S/C24H34O6/c1-14(25)30-13-20(27)24(28)21(29-4)12-19-17-6-5-15-11-16(26)7-9-22(15,2)18(17)8-10-23(19,24)3/h11,17-19,21,28H,5-10,12-13H2,1-4H3/t17-,18+,19+,21+,22+,23+,24-/m1/s1. The number of carbonyl (C=O) groups is 3. The van der Waals surface area contributed by atoms with Gasteiger partial charge in [0.15, 0.2) is 18.0 Å². The minimum atomic E-state index is -1.66. The Balaban J connectivity index is 1.67. The molecule has 4 aliphatic carbocycles. The summed E-state index contributed by atoms with van der Waals surface area (Å²) in [5.74, 6) is 0.241. The fourth-order valence-corrected chi connectivity index (χ4v) is 7.60. The van der Waals surface area contributed by atoms with E-state index in [0.717, 1.165) is 32.1 Å². The van der Waals surface area contributed by atoms with Gasteiger partial charge in [0.05, 0.1) is 6.10 Å². The molecule has 30 heavy (non-hydrogen) atoms. The number of aliphatic hydroxyl groups is 1. The van der Waals surface area contributed by atoms with E-state index >= 15 is 0 Å². The van der Waals surface area contributed by atoms with Crippen molar-refractivity contribution in [2.24, 2.45) is 28.6 Å². The average Bonchev–Trinajstić information content (AvgIpc) is 2.94. The molecule has 0 aromatic carbocycles. The highest BCUT2D eigenvalue weighted by Crippen LogP contribution is 2.67. The van der Waals surface area contributed by atoms with Gasteiger partial charge in [0, 0.05) is 25.9 Å². The molecule has 3 fully saturated rings. The zero-order chi connectivity index (χ0) is 21.9. The first-order valence-electron chi connectivity index (χ1n) is 11.2. The van der Waals surface area contributed by atoms with Gasteiger partial charge in [-0.2, -0.15) is 0 Å². The maximum atomic E-state index is 13.1. The molecule has 0 amide bonds. The topological polar surface area (TPSA) is 89.9 Å². The first-order chi connectivity index (χ1) is 14.1. The predicted octanol–water partition coefficient (Wildman–Crippen LogP) is 3.01. The maximum Gasteiger partial charge on any atom is 0.303 e. The molecule has 0 spiro atoms. The molecule has 0 bridgehead atoms. The van der Waals surface area contributed by atoms with Gasteiger partial charge in [-0.05, 0) is 67.8 Å². The number of methoxy groups -OCH3 is 1. The number of rotatable bonds is 4. The summed E-state index contributed by atoms with van der Waals surface area (Å²) >= 11 is 0. The summed E-state index contributed by atoms with van der Waals surface area (Å²) in [5.41, 5.74) is -0.949. The molecule has 0 unspecified atom stereocenters. The molecular formula is C24H34O6. The van der Waals surface area contributed by atoms with Crippen LogP contribution in [0.2, 0.25) is 0 Å². The summed E-state index contributed by atoms with van der Waals surface area (Å²) < 4.78 is 10.6. The molecule has 0 radical (unpaired) electrons. The first-order valence-corrected chi connectivity index (χ1v) is 11.2. The third-order valence-electron chi connectivity index (χ3n) is 9.27. The average molecular weight is 419 g/mol. The van der Waals surface area contributed by atoms with Crippen LogP contribution in [0.3, 0.4) is 0 Å². The van der Waals surface area contributed by atoms with Gasteiger partial charge in [0.25, 0.3) is 0 Å². The van der Waals surface area contributed by atoms with Gasteiger partial charge in [-0.15, -0.1) is 0 Å². The monoisotopic (exact) mass is 418 g/mol. The third-order valence-corrected chi connectivity index (χ3v) is 9.27. The third kappa shape index (κ3) is 2.86. The Morgan fingerprint density at radius 3 is 2.57 bits per heavy atom. The normalized spacial score (nSPS) is 45.1. The van der Waals surface area contributed by atoms with E-state index in [0.29, 0.717) is 24.7 Å². The Labute approximate surface area is 178 Å². The molecule has 0 heterocycles. The highest BCUT2D eigenvalue weighted by atomic mass is 16.5. The van der Waals surface area contributed by atoms with Crippen molar-refractivity contribution in [3.63, 3.8) is 0 Å². The van der Waals surface area contributed by atoms with Crippen LogP contribution in [0.1, 0.15) is 65.7 Å². The lowest BCUT2D eigenvalue weighted by Gasteiger charge is -2.58. The van der Waals surface area contributed by atoms with Gasteiger partial charge in [-0.1, -0.05) is 19.4 Å². The van der Waals surface area contributed by atoms with E-state index in [1.54, 1.807) is 7.11 Å². The maximum absolute atomic E-state index is 13.1. The van der Waals surface area contributed by atoms with Crippen molar-refractivity contribution in [3.8, 4) is 0 Å². The molecule has 0 aromatic heterocycles. The Bertz CT molecular complexity index is 802. The number of ether oxygens (including phenoxy) is 2. The van der Waals surface area contributed by atoms with Crippen molar-refractivity contribution in [1.29, 1.82) is 0 Å². The summed E-state index contributed by atoms with van der Waals surface area (Å²) in [5, 5.41) is 11.8. The van der Waals surface area contributed by atoms with Crippen LogP contribution in [0, 0.1) is 28.6 Å². The molecule has 166 valence electrons. The van der Waals surface area contributed by atoms with Gasteiger partial charge < -0.3 is 14.6 Å². The van der Waals surface area contributed by atoms with Gasteiger partial charge in [-0.3, -0.25) is 14.4 Å². The number of fused-ring (bicyclic) bond motifs is 5. The number of esters is 1. The molecule has 0 aliphatic heterocycles. The van der Waals surface area contributed by atoms with E-state index in [2.05, 4.69) is 6.92 Å². The number of ketones is 2.